The van der Waals surface area contributed by atoms with E-state index in [1.54, 1.807) is 0 Å². The van der Waals surface area contributed by atoms with Crippen molar-refractivity contribution in [2.75, 3.05) is 5.33 Å². The normalized spacial score (nSPS) is 12.6. The molecule has 0 bridgehead atoms. The fourth-order valence-electron chi connectivity index (χ4n) is 1.59. The first-order valence-electron chi connectivity index (χ1n) is 4.95. The van der Waals surface area contributed by atoms with Gasteiger partial charge in [-0.1, -0.05) is 68.3 Å². The van der Waals surface area contributed by atoms with Crippen molar-refractivity contribution in [2.45, 2.75) is 4.83 Å². The Hall–Kier alpha value is -0.670. The maximum Gasteiger partial charge on any atom is 0.177 e. The molecular weight excluding hydrogens is 332 g/mol. The van der Waals surface area contributed by atoms with Crippen LogP contribution in [0, 0.1) is 0 Å². The average Bonchev–Trinajstić information content (AvgIpc) is 2.36. The van der Waals surface area contributed by atoms with Crippen molar-refractivity contribution in [3.8, 4) is 0 Å². The summed E-state index contributed by atoms with van der Waals surface area (Å²) in [5.74, 6) is 0.114. The van der Waals surface area contributed by atoms with Gasteiger partial charge in [0.1, 0.15) is 0 Å². The number of Topliss-reactive ketones (excluding diaryl/α,β-unsaturated/α-hetero) is 1. The molecule has 0 N–H and O–H groups in total. The predicted molar refractivity (Wildman–Crippen MR) is 74.8 cm³/mol. The molecule has 0 aliphatic heterocycles. The van der Waals surface area contributed by atoms with Crippen LogP contribution in [0.5, 0.6) is 0 Å². The van der Waals surface area contributed by atoms with Crippen LogP contribution in [0.4, 0.5) is 0 Å². The quantitative estimate of drug-likeness (QED) is 0.604. The van der Waals surface area contributed by atoms with Gasteiger partial charge in [-0.15, -0.1) is 0 Å². The van der Waals surface area contributed by atoms with E-state index in [0.29, 0.717) is 5.33 Å². The Morgan fingerprint density at radius 1 is 1.12 bits per heavy atom. The van der Waals surface area contributed by atoms with Gasteiger partial charge in [-0.25, -0.2) is 0 Å². The Balaban J connectivity index is 2.43. The molecule has 0 amide bonds. The number of carbonyl (C=O) groups excluding carboxylic acids is 1. The second-order valence-corrected chi connectivity index (χ2v) is 5.30. The highest BCUT2D eigenvalue weighted by molar-refractivity contribution is 9.12. The molecular formula is C13H10Br2O. The van der Waals surface area contributed by atoms with Crippen LogP contribution in [0.15, 0.2) is 42.5 Å². The highest BCUT2D eigenvalue weighted by atomic mass is 79.9. The van der Waals surface area contributed by atoms with Crippen molar-refractivity contribution in [2.24, 2.45) is 0 Å². The van der Waals surface area contributed by atoms with E-state index in [2.05, 4.69) is 31.9 Å². The largest absolute Gasteiger partial charge is 0.293 e. The third kappa shape index (κ3) is 2.36. The van der Waals surface area contributed by atoms with Gasteiger partial charge in [0.05, 0.1) is 4.83 Å². The predicted octanol–water partition coefficient (Wildman–Crippen LogP) is 4.18. The number of alkyl halides is 2. The molecule has 16 heavy (non-hydrogen) atoms. The van der Waals surface area contributed by atoms with E-state index in [0.717, 1.165) is 16.3 Å². The minimum atomic E-state index is -0.159. The molecule has 1 unspecified atom stereocenters. The van der Waals surface area contributed by atoms with Crippen LogP contribution in [0.25, 0.3) is 10.8 Å². The highest BCUT2D eigenvalue weighted by Gasteiger charge is 2.15. The summed E-state index contributed by atoms with van der Waals surface area (Å²) in [5.41, 5.74) is 0.750. The van der Waals surface area contributed by atoms with E-state index in [-0.39, 0.29) is 10.6 Å². The molecule has 2 aromatic rings. The molecule has 3 heteroatoms. The van der Waals surface area contributed by atoms with Crippen molar-refractivity contribution < 1.29 is 4.79 Å². The number of rotatable bonds is 3. The molecule has 0 radical (unpaired) electrons. The Bertz CT molecular complexity index is 522. The van der Waals surface area contributed by atoms with Crippen molar-refractivity contribution in [1.82, 2.24) is 0 Å². The number of hydrogen-bond donors (Lipinski definition) is 0. The first-order valence-corrected chi connectivity index (χ1v) is 6.99. The van der Waals surface area contributed by atoms with E-state index in [4.69, 9.17) is 0 Å². The number of ketones is 1. The van der Waals surface area contributed by atoms with Crippen molar-refractivity contribution in [1.29, 1.82) is 0 Å². The molecule has 82 valence electrons. The Morgan fingerprint density at radius 2 is 1.81 bits per heavy atom. The van der Waals surface area contributed by atoms with Crippen LogP contribution in [0.1, 0.15) is 10.4 Å². The standard InChI is InChI=1S/C13H10Br2O/c14-8-12(15)13(16)11-6-5-9-3-1-2-4-10(9)7-11/h1-7,12H,8H2. The molecule has 1 atom stereocenters. The van der Waals surface area contributed by atoms with Crippen LogP contribution < -0.4 is 0 Å². The maximum atomic E-state index is 11.9. The molecule has 0 aromatic heterocycles. The zero-order valence-electron chi connectivity index (χ0n) is 8.49. The fourth-order valence-corrected chi connectivity index (χ4v) is 2.15. The summed E-state index contributed by atoms with van der Waals surface area (Å²) in [6.07, 6.45) is 0. The third-order valence-corrected chi connectivity index (χ3v) is 4.71. The van der Waals surface area contributed by atoms with E-state index in [9.17, 15) is 4.79 Å². The Kier molecular flexibility index (Phi) is 3.77. The Labute approximate surface area is 111 Å². The molecule has 1 nitrogen and oxygen atoms in total. The summed E-state index contributed by atoms with van der Waals surface area (Å²) >= 11 is 6.64. The first-order chi connectivity index (χ1) is 7.72. The van der Waals surface area contributed by atoms with Gasteiger partial charge in [0, 0.05) is 10.9 Å². The number of hydrogen-bond acceptors (Lipinski definition) is 1. The van der Waals surface area contributed by atoms with Crippen LogP contribution in [-0.4, -0.2) is 15.9 Å². The summed E-state index contributed by atoms with van der Waals surface area (Å²) in [6, 6.07) is 13.8. The molecule has 2 rings (SSSR count). The number of fused-ring (bicyclic) bond motifs is 1. The number of carbonyl (C=O) groups is 1. The van der Waals surface area contributed by atoms with E-state index in [1.165, 1.54) is 0 Å². The minimum absolute atomic E-state index is 0.114. The zero-order valence-corrected chi connectivity index (χ0v) is 11.7. The molecule has 0 heterocycles. The van der Waals surface area contributed by atoms with Crippen molar-refractivity contribution in [3.05, 3.63) is 48.0 Å². The van der Waals surface area contributed by atoms with E-state index >= 15 is 0 Å². The molecule has 2 aromatic carbocycles. The second kappa shape index (κ2) is 5.11. The summed E-state index contributed by atoms with van der Waals surface area (Å²) in [5, 5.41) is 2.88. The maximum absolute atomic E-state index is 11.9. The first kappa shape index (κ1) is 11.8. The fraction of sp³-hybridized carbons (Fsp3) is 0.154. The number of benzene rings is 2. The lowest BCUT2D eigenvalue weighted by molar-refractivity contribution is 0.0997. The van der Waals surface area contributed by atoms with Crippen molar-refractivity contribution >= 4 is 48.4 Å². The lowest BCUT2D eigenvalue weighted by atomic mass is 10.0. The molecule has 0 saturated carbocycles. The van der Waals surface area contributed by atoms with Gasteiger partial charge in [0.15, 0.2) is 5.78 Å². The monoisotopic (exact) mass is 340 g/mol. The summed E-state index contributed by atoms with van der Waals surface area (Å²) in [6.45, 7) is 0. The molecule has 0 aliphatic rings. The Morgan fingerprint density at radius 3 is 2.50 bits per heavy atom. The zero-order chi connectivity index (χ0) is 11.5. The highest BCUT2D eigenvalue weighted by Crippen LogP contribution is 2.19. The van der Waals surface area contributed by atoms with Crippen molar-refractivity contribution in [3.63, 3.8) is 0 Å². The van der Waals surface area contributed by atoms with Crippen LogP contribution in [0.2, 0.25) is 0 Å². The van der Waals surface area contributed by atoms with E-state index in [1.807, 2.05) is 42.5 Å². The molecule has 0 fully saturated rings. The number of halogens is 2. The topological polar surface area (TPSA) is 17.1 Å². The van der Waals surface area contributed by atoms with Gasteiger partial charge < -0.3 is 0 Å². The molecule has 0 aliphatic carbocycles. The molecule has 0 spiro atoms. The summed E-state index contributed by atoms with van der Waals surface area (Å²) in [4.78, 5) is 11.8. The second-order valence-electron chi connectivity index (χ2n) is 3.55. The lowest BCUT2D eigenvalue weighted by Crippen LogP contribution is -2.15. The average molecular weight is 342 g/mol. The van der Waals surface area contributed by atoms with Gasteiger partial charge in [-0.05, 0) is 16.8 Å². The lowest BCUT2D eigenvalue weighted by Gasteiger charge is -2.06. The van der Waals surface area contributed by atoms with Gasteiger partial charge in [-0.2, -0.15) is 0 Å². The van der Waals surface area contributed by atoms with Crippen LogP contribution in [-0.2, 0) is 0 Å². The summed E-state index contributed by atoms with van der Waals surface area (Å²) in [7, 11) is 0. The smallest absolute Gasteiger partial charge is 0.177 e. The van der Waals surface area contributed by atoms with Gasteiger partial charge in [-0.3, -0.25) is 4.79 Å². The summed E-state index contributed by atoms with van der Waals surface area (Å²) < 4.78 is 0. The van der Waals surface area contributed by atoms with Gasteiger partial charge in [0.2, 0.25) is 0 Å². The third-order valence-electron chi connectivity index (χ3n) is 2.45. The SMILES string of the molecule is O=C(c1ccc2ccccc2c1)C(Br)CBr. The van der Waals surface area contributed by atoms with E-state index < -0.39 is 0 Å². The minimum Gasteiger partial charge on any atom is -0.293 e. The van der Waals surface area contributed by atoms with Crippen LogP contribution in [0.3, 0.4) is 0 Å². The van der Waals surface area contributed by atoms with Gasteiger partial charge >= 0.3 is 0 Å². The molecule has 0 saturated heterocycles. The van der Waals surface area contributed by atoms with Crippen LogP contribution >= 0.6 is 31.9 Å². The van der Waals surface area contributed by atoms with Gasteiger partial charge in [0.25, 0.3) is 0 Å².